The van der Waals surface area contributed by atoms with Gasteiger partial charge in [-0.3, -0.25) is 19.1 Å². The third-order valence-corrected chi connectivity index (χ3v) is 8.61. The number of rotatable bonds is 8. The molecule has 1 atom stereocenters. The average Bonchev–Trinajstić information content (AvgIpc) is 3.35. The fraction of sp³-hybridized carbons (Fsp3) is 0.519. The molecule has 3 aliphatic carbocycles. The molecule has 36 heavy (non-hydrogen) atoms. The first-order valence-corrected chi connectivity index (χ1v) is 12.9. The molecule has 4 fully saturated rings. The Bertz CT molecular complexity index is 1390. The monoisotopic (exact) mass is 488 g/mol. The van der Waals surface area contributed by atoms with Gasteiger partial charge in [0.05, 0.1) is 17.3 Å². The van der Waals surface area contributed by atoms with Crippen molar-refractivity contribution >= 4 is 28.6 Å². The lowest BCUT2D eigenvalue weighted by molar-refractivity contribution is -0.162. The number of aryl methyl sites for hydroxylation is 1. The molecule has 0 amide bonds. The molecule has 1 aliphatic heterocycles. The number of nitrogens with one attached hydrogen (secondary N) is 1. The zero-order chi connectivity index (χ0) is 25.0. The number of likely N-dealkylation sites (tertiary alicyclic amines) is 1. The quantitative estimate of drug-likeness (QED) is 0.479. The summed E-state index contributed by atoms with van der Waals surface area (Å²) in [7, 11) is 0. The van der Waals surface area contributed by atoms with Crippen LogP contribution in [0.2, 0.25) is 0 Å². The van der Waals surface area contributed by atoms with E-state index in [2.05, 4.69) is 27.1 Å². The maximum absolute atomic E-state index is 13.6. The highest BCUT2D eigenvalue weighted by Crippen LogP contribution is 2.66. The molecule has 2 bridgehead atoms. The van der Waals surface area contributed by atoms with Crippen LogP contribution in [0.4, 0.5) is 11.8 Å². The number of carbonyl (C=O) groups is 1. The van der Waals surface area contributed by atoms with Crippen LogP contribution in [0.1, 0.15) is 55.5 Å². The number of nitrogens with zero attached hydrogens (tertiary/aromatic N) is 5. The number of Topliss-reactive ketones (excluding diaryl/α,β-unsaturated/α-hetero) is 1. The lowest BCUT2D eigenvalue weighted by Crippen LogP contribution is -2.69. The van der Waals surface area contributed by atoms with Crippen LogP contribution < -0.4 is 15.6 Å². The molecule has 0 radical (unpaired) electrons. The van der Waals surface area contributed by atoms with E-state index in [9.17, 15) is 9.59 Å². The molecule has 1 N–H and O–H groups in total. The molecule has 3 aromatic rings. The van der Waals surface area contributed by atoms with E-state index < -0.39 is 0 Å². The maximum atomic E-state index is 13.6. The molecule has 0 unspecified atom stereocenters. The molecule has 0 aromatic carbocycles. The Labute approximate surface area is 209 Å². The van der Waals surface area contributed by atoms with Gasteiger partial charge < -0.3 is 10.1 Å². The second-order valence-electron chi connectivity index (χ2n) is 10.6. The van der Waals surface area contributed by atoms with Crippen molar-refractivity contribution in [2.75, 3.05) is 31.6 Å². The summed E-state index contributed by atoms with van der Waals surface area (Å²) in [6, 6.07) is 3.71. The Morgan fingerprint density at radius 1 is 1.19 bits per heavy atom. The van der Waals surface area contributed by atoms with Gasteiger partial charge in [0.1, 0.15) is 23.8 Å². The van der Waals surface area contributed by atoms with E-state index in [4.69, 9.17) is 9.72 Å². The van der Waals surface area contributed by atoms with Gasteiger partial charge in [0.25, 0.3) is 5.56 Å². The van der Waals surface area contributed by atoms with Gasteiger partial charge in [0.2, 0.25) is 5.95 Å². The van der Waals surface area contributed by atoms with Gasteiger partial charge in [-0.15, -0.1) is 0 Å². The fourth-order valence-electron chi connectivity index (χ4n) is 6.23. The number of ether oxygens (including phenoxy) is 1. The number of anilines is 2. The largest absolute Gasteiger partial charge is 0.491 e. The number of hydrogen-bond acceptors (Lipinski definition) is 8. The van der Waals surface area contributed by atoms with Gasteiger partial charge >= 0.3 is 0 Å². The van der Waals surface area contributed by atoms with Gasteiger partial charge in [0.15, 0.2) is 5.78 Å². The molecule has 9 nitrogen and oxygen atoms in total. The molecule has 188 valence electrons. The second-order valence-corrected chi connectivity index (χ2v) is 10.6. The van der Waals surface area contributed by atoms with Crippen LogP contribution in [0.3, 0.4) is 0 Å². The van der Waals surface area contributed by atoms with Crippen molar-refractivity contribution in [2.24, 2.45) is 11.8 Å². The topological polar surface area (TPSA) is 102 Å². The first-order valence-electron chi connectivity index (χ1n) is 12.9. The number of carbonyl (C=O) groups excluding carboxylic acids is 1. The van der Waals surface area contributed by atoms with Crippen LogP contribution >= 0.6 is 0 Å². The zero-order valence-electron chi connectivity index (χ0n) is 21.1. The van der Waals surface area contributed by atoms with Crippen molar-refractivity contribution in [1.29, 1.82) is 0 Å². The summed E-state index contributed by atoms with van der Waals surface area (Å²) in [5.41, 5.74) is 0.960. The summed E-state index contributed by atoms with van der Waals surface area (Å²) in [6.45, 7) is 9.31. The van der Waals surface area contributed by atoms with Gasteiger partial charge in [0, 0.05) is 18.1 Å². The highest BCUT2D eigenvalue weighted by atomic mass is 16.5. The van der Waals surface area contributed by atoms with Gasteiger partial charge in [-0.2, -0.15) is 4.98 Å². The van der Waals surface area contributed by atoms with E-state index in [1.54, 1.807) is 23.9 Å². The molecule has 3 saturated carbocycles. The number of ketones is 1. The highest BCUT2D eigenvalue weighted by molar-refractivity contribution is 5.99. The van der Waals surface area contributed by atoms with E-state index in [0.29, 0.717) is 41.4 Å². The fourth-order valence-corrected chi connectivity index (χ4v) is 6.23. The standard InChI is InChI=1S/C27H32N6O3/c1-16-21-15-29-26(30-22-7-6-20(14-28-22)36-11-10-32-8-4-5-9-32)31-24(21)33(25(35)23(16)18(3)34)27-12-19(13-27)17(27)2/h6-7,14-15,17,19H,4-5,8-13H2,1-3H3,(H,28,29,30,31)/t17-,19?,27?/m1/s1. The Hall–Kier alpha value is -3.33. The third-order valence-electron chi connectivity index (χ3n) is 8.61. The molecule has 3 aromatic heterocycles. The van der Waals surface area contributed by atoms with E-state index in [0.717, 1.165) is 43.6 Å². The minimum atomic E-state index is -0.254. The predicted molar refractivity (Wildman–Crippen MR) is 137 cm³/mol. The van der Waals surface area contributed by atoms with Gasteiger partial charge in [-0.05, 0) is 82.2 Å². The highest BCUT2D eigenvalue weighted by Gasteiger charge is 2.65. The van der Waals surface area contributed by atoms with Crippen molar-refractivity contribution < 1.29 is 9.53 Å². The van der Waals surface area contributed by atoms with Gasteiger partial charge in [-0.25, -0.2) is 9.97 Å². The van der Waals surface area contributed by atoms with Crippen molar-refractivity contribution in [3.05, 3.63) is 46.0 Å². The Kier molecular flexibility index (Phi) is 5.55. The Balaban J connectivity index is 1.27. The molecule has 4 heterocycles. The maximum Gasteiger partial charge on any atom is 0.263 e. The number of hydrogen-bond donors (Lipinski definition) is 1. The summed E-state index contributed by atoms with van der Waals surface area (Å²) in [5.74, 6) is 2.49. The zero-order valence-corrected chi connectivity index (χ0v) is 21.1. The number of pyridine rings is 2. The van der Waals surface area contributed by atoms with Crippen LogP contribution in [-0.2, 0) is 5.54 Å². The Morgan fingerprint density at radius 3 is 2.58 bits per heavy atom. The molecule has 1 saturated heterocycles. The van der Waals surface area contributed by atoms with Gasteiger partial charge in [-0.1, -0.05) is 6.92 Å². The first-order chi connectivity index (χ1) is 17.4. The Morgan fingerprint density at radius 2 is 1.97 bits per heavy atom. The van der Waals surface area contributed by atoms with Crippen LogP contribution in [0.25, 0.3) is 11.0 Å². The normalized spacial score (nSPS) is 24.9. The minimum Gasteiger partial charge on any atom is -0.491 e. The summed E-state index contributed by atoms with van der Waals surface area (Å²) in [5, 5.41) is 3.89. The predicted octanol–water partition coefficient (Wildman–Crippen LogP) is 3.67. The van der Waals surface area contributed by atoms with E-state index >= 15 is 0 Å². The molecular weight excluding hydrogens is 456 g/mol. The van der Waals surface area contributed by atoms with Crippen molar-refractivity contribution in [1.82, 2.24) is 24.4 Å². The van der Waals surface area contributed by atoms with Crippen molar-refractivity contribution in [3.8, 4) is 5.75 Å². The summed E-state index contributed by atoms with van der Waals surface area (Å²) >= 11 is 0. The summed E-state index contributed by atoms with van der Waals surface area (Å²) < 4.78 is 7.63. The first kappa shape index (κ1) is 23.1. The molecule has 7 rings (SSSR count). The minimum absolute atomic E-state index is 0.221. The van der Waals surface area contributed by atoms with Crippen LogP contribution in [0.5, 0.6) is 5.75 Å². The number of fused-ring (bicyclic) bond motifs is 1. The number of aromatic nitrogens is 4. The SMILES string of the molecule is CC(=O)c1c(C)c2cnc(Nc3ccc(OCCN4CCCC4)cn3)nc2n(C23CC(C2)[C@H]3C)c1=O. The smallest absolute Gasteiger partial charge is 0.263 e. The molecular formula is C27H32N6O3. The lowest BCUT2D eigenvalue weighted by Gasteiger charge is -2.68. The van der Waals surface area contributed by atoms with E-state index in [1.165, 1.54) is 19.8 Å². The molecule has 4 aliphatic rings. The van der Waals surface area contributed by atoms with E-state index in [-0.39, 0.29) is 22.4 Å². The van der Waals surface area contributed by atoms with E-state index in [1.807, 2.05) is 12.1 Å². The third kappa shape index (κ3) is 3.59. The van der Waals surface area contributed by atoms with Crippen LogP contribution in [0.15, 0.2) is 29.3 Å². The lowest BCUT2D eigenvalue weighted by atomic mass is 9.42. The molecule has 0 spiro atoms. The van der Waals surface area contributed by atoms with Crippen molar-refractivity contribution in [3.63, 3.8) is 0 Å². The average molecular weight is 489 g/mol. The van der Waals surface area contributed by atoms with Crippen molar-refractivity contribution in [2.45, 2.75) is 52.0 Å². The van der Waals surface area contributed by atoms with Crippen LogP contribution in [-0.4, -0.2) is 56.4 Å². The van der Waals surface area contributed by atoms with Crippen LogP contribution in [0, 0.1) is 18.8 Å². The molecule has 9 heteroatoms. The second kappa shape index (κ2) is 8.65. The summed E-state index contributed by atoms with van der Waals surface area (Å²) in [4.78, 5) is 42.1. The summed E-state index contributed by atoms with van der Waals surface area (Å²) in [6.07, 6.45) is 7.85.